The van der Waals surface area contributed by atoms with E-state index in [0.29, 0.717) is 0 Å². The minimum Gasteiger partial charge on any atom is -0.456 e. The van der Waals surface area contributed by atoms with Gasteiger partial charge in [-0.3, -0.25) is 0 Å². The van der Waals surface area contributed by atoms with Gasteiger partial charge in [-0.25, -0.2) is 0 Å². The molecule has 10 aromatic carbocycles. The zero-order valence-electron chi connectivity index (χ0n) is 27.7. The lowest BCUT2D eigenvalue weighted by atomic mass is 9.86. The molecule has 51 heavy (non-hydrogen) atoms. The van der Waals surface area contributed by atoms with E-state index in [1.165, 1.54) is 82.2 Å². The highest BCUT2D eigenvalue weighted by Crippen LogP contribution is 2.49. The van der Waals surface area contributed by atoms with Gasteiger partial charge in [0.2, 0.25) is 0 Å². The van der Waals surface area contributed by atoms with Gasteiger partial charge < -0.3 is 4.74 Å². The maximum absolute atomic E-state index is 6.68. The Balaban J connectivity index is 1.04. The average molecular weight is 647 g/mol. The lowest BCUT2D eigenvalue weighted by Gasteiger charge is -2.23. The molecule has 0 N–H and O–H groups in total. The van der Waals surface area contributed by atoms with Crippen LogP contribution in [-0.4, -0.2) is 0 Å². The van der Waals surface area contributed by atoms with Crippen molar-refractivity contribution in [1.82, 2.24) is 0 Å². The Hall–Kier alpha value is -6.70. The second kappa shape index (κ2) is 10.9. The summed E-state index contributed by atoms with van der Waals surface area (Å²) in [6, 6.07) is 66.2. The molecular formula is C50H30O. The van der Waals surface area contributed by atoms with Crippen molar-refractivity contribution < 1.29 is 4.74 Å². The van der Waals surface area contributed by atoms with Gasteiger partial charge in [0, 0.05) is 10.9 Å². The van der Waals surface area contributed by atoms with Gasteiger partial charge in [-0.05, 0) is 118 Å². The minimum absolute atomic E-state index is 0.893. The summed E-state index contributed by atoms with van der Waals surface area (Å²) in [5.74, 6) is 1.80. The molecule has 0 bridgehead atoms. The van der Waals surface area contributed by atoms with Crippen molar-refractivity contribution >= 4 is 43.1 Å². The van der Waals surface area contributed by atoms with Gasteiger partial charge in [0.15, 0.2) is 0 Å². The summed E-state index contributed by atoms with van der Waals surface area (Å²) in [4.78, 5) is 0. The van der Waals surface area contributed by atoms with E-state index in [9.17, 15) is 0 Å². The molecular weight excluding hydrogens is 617 g/mol. The topological polar surface area (TPSA) is 9.23 Å². The largest absolute Gasteiger partial charge is 0.456 e. The Morgan fingerprint density at radius 3 is 1.61 bits per heavy atom. The number of rotatable bonds is 4. The molecule has 0 spiro atoms. The number of benzene rings is 10. The number of fused-ring (bicyclic) bond motifs is 2. The van der Waals surface area contributed by atoms with Crippen LogP contribution < -0.4 is 4.74 Å². The number of hydrogen-bond donors (Lipinski definition) is 0. The van der Waals surface area contributed by atoms with Crippen molar-refractivity contribution in [1.29, 1.82) is 0 Å². The van der Waals surface area contributed by atoms with E-state index >= 15 is 0 Å². The smallest absolute Gasteiger partial charge is 0.136 e. The maximum atomic E-state index is 6.68. The van der Waals surface area contributed by atoms with Gasteiger partial charge in [0.05, 0.1) is 0 Å². The molecule has 0 fully saturated rings. The van der Waals surface area contributed by atoms with Crippen molar-refractivity contribution in [3.63, 3.8) is 0 Å². The highest BCUT2D eigenvalue weighted by molar-refractivity contribution is 6.27. The van der Waals surface area contributed by atoms with Crippen LogP contribution in [0.4, 0.5) is 0 Å². The molecule has 0 aliphatic carbocycles. The zero-order chi connectivity index (χ0) is 33.5. The summed E-state index contributed by atoms with van der Waals surface area (Å²) >= 11 is 0. The molecule has 236 valence electrons. The molecule has 11 rings (SSSR count). The van der Waals surface area contributed by atoms with E-state index in [-0.39, 0.29) is 0 Å². The van der Waals surface area contributed by atoms with Gasteiger partial charge in [-0.15, -0.1) is 0 Å². The zero-order valence-corrected chi connectivity index (χ0v) is 27.7. The highest BCUT2D eigenvalue weighted by Gasteiger charge is 2.22. The van der Waals surface area contributed by atoms with Gasteiger partial charge in [0.1, 0.15) is 11.5 Å². The number of hydrogen-bond acceptors (Lipinski definition) is 1. The van der Waals surface area contributed by atoms with Crippen molar-refractivity contribution in [3.05, 3.63) is 182 Å². The second-order valence-electron chi connectivity index (χ2n) is 13.7. The summed E-state index contributed by atoms with van der Waals surface area (Å²) < 4.78 is 6.68. The second-order valence-corrected chi connectivity index (χ2v) is 13.7. The lowest BCUT2D eigenvalue weighted by molar-refractivity contribution is 0.487. The molecule has 0 saturated heterocycles. The van der Waals surface area contributed by atoms with Crippen molar-refractivity contribution in [2.45, 2.75) is 0 Å². The van der Waals surface area contributed by atoms with Gasteiger partial charge in [0.25, 0.3) is 0 Å². The Bertz CT molecular complexity index is 2970. The van der Waals surface area contributed by atoms with E-state index in [2.05, 4.69) is 182 Å². The van der Waals surface area contributed by atoms with Crippen LogP contribution >= 0.6 is 0 Å². The third kappa shape index (κ3) is 4.35. The third-order valence-corrected chi connectivity index (χ3v) is 10.8. The quantitative estimate of drug-likeness (QED) is 0.173. The van der Waals surface area contributed by atoms with E-state index < -0.39 is 0 Å². The first-order valence-corrected chi connectivity index (χ1v) is 17.6. The van der Waals surface area contributed by atoms with E-state index in [4.69, 9.17) is 4.74 Å². The fourth-order valence-electron chi connectivity index (χ4n) is 8.41. The minimum atomic E-state index is 0.893. The molecule has 10 aromatic rings. The summed E-state index contributed by atoms with van der Waals surface area (Å²) in [6.07, 6.45) is 0. The van der Waals surface area contributed by atoms with Crippen molar-refractivity contribution in [3.8, 4) is 67.1 Å². The lowest BCUT2D eigenvalue weighted by Crippen LogP contribution is -1.98. The van der Waals surface area contributed by atoms with Crippen molar-refractivity contribution in [2.24, 2.45) is 0 Å². The van der Waals surface area contributed by atoms with E-state index in [1.54, 1.807) is 0 Å². The molecule has 0 aromatic heterocycles. The molecule has 1 heteroatoms. The van der Waals surface area contributed by atoms with Crippen LogP contribution in [0.25, 0.3) is 98.7 Å². The third-order valence-electron chi connectivity index (χ3n) is 10.8. The Labute approximate surface area is 296 Å². The normalized spacial score (nSPS) is 12.1. The standard InChI is InChI=1S/C50H30O/c1-3-9-31(10-4-1)36-21-26-46-45(29-36)42-16-8-15-38-28-39(30-47(51-46)48(38)42)35-13-7-14-37(27-35)41-23-18-34-19-24-43-40(32-11-5-2-6-12-32)22-17-33-20-25-44(41)50(34)49(33)43/h1-30H. The van der Waals surface area contributed by atoms with Crippen LogP contribution in [-0.2, 0) is 0 Å². The van der Waals surface area contributed by atoms with Crippen LogP contribution in [0, 0.1) is 0 Å². The molecule has 0 amide bonds. The predicted octanol–water partition coefficient (Wildman–Crippen LogP) is 14.2. The van der Waals surface area contributed by atoms with Crippen molar-refractivity contribution in [2.75, 3.05) is 0 Å². The molecule has 1 heterocycles. The van der Waals surface area contributed by atoms with Crippen LogP contribution in [0.5, 0.6) is 11.5 Å². The van der Waals surface area contributed by atoms with E-state index in [0.717, 1.165) is 28.0 Å². The summed E-state index contributed by atoms with van der Waals surface area (Å²) in [5.41, 5.74) is 12.0. The molecule has 1 nitrogen and oxygen atoms in total. The monoisotopic (exact) mass is 646 g/mol. The molecule has 0 saturated carbocycles. The SMILES string of the molecule is c1ccc(-c2ccc3c(c2)-c2cccc4cc(-c5cccc(-c6ccc7ccc8c(-c9ccccc9)ccc9ccc6c7c98)c5)cc(c24)O3)cc1. The Morgan fingerprint density at radius 1 is 0.255 bits per heavy atom. The first-order chi connectivity index (χ1) is 25.3. The molecule has 0 radical (unpaired) electrons. The van der Waals surface area contributed by atoms with Crippen LogP contribution in [0.3, 0.4) is 0 Å². The van der Waals surface area contributed by atoms with Crippen LogP contribution in [0.2, 0.25) is 0 Å². The first kappa shape index (κ1) is 28.2. The maximum Gasteiger partial charge on any atom is 0.136 e. The molecule has 0 unspecified atom stereocenters. The van der Waals surface area contributed by atoms with Gasteiger partial charge in [-0.2, -0.15) is 0 Å². The Kier molecular flexibility index (Phi) is 6.02. The van der Waals surface area contributed by atoms with Crippen LogP contribution in [0.15, 0.2) is 182 Å². The van der Waals surface area contributed by atoms with Gasteiger partial charge in [-0.1, -0.05) is 152 Å². The summed E-state index contributed by atoms with van der Waals surface area (Å²) in [6.45, 7) is 0. The summed E-state index contributed by atoms with van der Waals surface area (Å²) in [7, 11) is 0. The van der Waals surface area contributed by atoms with Gasteiger partial charge >= 0.3 is 0 Å². The fraction of sp³-hybridized carbons (Fsp3) is 0. The summed E-state index contributed by atoms with van der Waals surface area (Å²) in [5, 5.41) is 10.1. The first-order valence-electron chi connectivity index (χ1n) is 17.6. The fourth-order valence-corrected chi connectivity index (χ4v) is 8.41. The van der Waals surface area contributed by atoms with Crippen LogP contribution in [0.1, 0.15) is 0 Å². The molecule has 0 atom stereocenters. The predicted molar refractivity (Wildman–Crippen MR) is 215 cm³/mol. The average Bonchev–Trinajstić information content (AvgIpc) is 3.20. The Morgan fingerprint density at radius 2 is 0.863 bits per heavy atom. The van der Waals surface area contributed by atoms with E-state index in [1.807, 2.05) is 0 Å². The molecule has 1 aliphatic heterocycles. The molecule has 1 aliphatic rings. The number of ether oxygens (including phenoxy) is 1. The highest BCUT2D eigenvalue weighted by atomic mass is 16.5.